The molecule has 0 bridgehead atoms. The molecular weight excluding hydrogens is 472 g/mol. The number of thiazole rings is 1. The Labute approximate surface area is 180 Å². The molecule has 30 heavy (non-hydrogen) atoms. The summed E-state index contributed by atoms with van der Waals surface area (Å²) in [6, 6.07) is 14.1. The molecule has 0 fully saturated rings. The number of rotatable bonds is 3. The van der Waals surface area contributed by atoms with Gasteiger partial charge in [0.05, 0.1) is 23.8 Å². The fraction of sp³-hybridized carbons (Fsp3) is 0.0500. The average Bonchev–Trinajstić information content (AvgIpc) is 3.34. The zero-order chi connectivity index (χ0) is 21.0. The van der Waals surface area contributed by atoms with E-state index in [1.54, 1.807) is 24.3 Å². The molecule has 0 radical (unpaired) electrons. The maximum absolute atomic E-state index is 13.1. The lowest BCUT2D eigenvalue weighted by Crippen LogP contribution is -2.40. The minimum Gasteiger partial charge on any atom is -0.548 e. The molecule has 1 amide bonds. The number of nitrogens with zero attached hydrogens (tertiary/aromatic N) is 4. The highest BCUT2D eigenvalue weighted by Crippen LogP contribution is 2.35. The molecule has 0 saturated heterocycles. The second-order valence-corrected chi connectivity index (χ2v) is 8.33. The molecule has 148 valence electrons. The fourth-order valence-corrected chi connectivity index (χ4v) is 4.89. The Morgan fingerprint density at radius 1 is 1.07 bits per heavy atom. The molecule has 2 aromatic heterocycles. The summed E-state index contributed by atoms with van der Waals surface area (Å²) in [5.74, 6) is -1.56. The van der Waals surface area contributed by atoms with Crippen molar-refractivity contribution in [1.82, 2.24) is 14.6 Å². The van der Waals surface area contributed by atoms with Gasteiger partial charge in [-0.3, -0.25) is 9.59 Å². The predicted octanol–water partition coefficient (Wildman–Crippen LogP) is 0.595. The molecule has 10 heteroatoms. The number of para-hydroxylation sites is 1. The minimum absolute atomic E-state index is 0.150. The smallest absolute Gasteiger partial charge is 0.291 e. The van der Waals surface area contributed by atoms with Crippen molar-refractivity contribution < 1.29 is 14.7 Å². The van der Waals surface area contributed by atoms with E-state index in [4.69, 9.17) is 0 Å². The third-order valence-electron chi connectivity index (χ3n) is 4.71. The molecule has 3 heterocycles. The molecular formula is C20H10BrN4O4S-. The van der Waals surface area contributed by atoms with Gasteiger partial charge in [0.15, 0.2) is 5.82 Å². The number of benzene rings is 2. The van der Waals surface area contributed by atoms with E-state index in [1.165, 1.54) is 4.52 Å². The summed E-state index contributed by atoms with van der Waals surface area (Å²) in [4.78, 5) is 43.1. The second kappa shape index (κ2) is 6.85. The summed E-state index contributed by atoms with van der Waals surface area (Å²) >= 11 is 4.49. The van der Waals surface area contributed by atoms with Gasteiger partial charge in [-0.25, -0.2) is 0 Å². The molecule has 0 aliphatic carbocycles. The van der Waals surface area contributed by atoms with Crippen LogP contribution in [0.4, 0.5) is 5.69 Å². The van der Waals surface area contributed by atoms with Gasteiger partial charge in [0.2, 0.25) is 4.96 Å². The van der Waals surface area contributed by atoms with Crippen molar-refractivity contribution in [2.75, 3.05) is 11.4 Å². The zero-order valence-corrected chi connectivity index (χ0v) is 17.4. The molecule has 0 N–H and O–H groups in total. The van der Waals surface area contributed by atoms with Crippen molar-refractivity contribution in [3.8, 4) is 11.4 Å². The Hall–Kier alpha value is -3.37. The summed E-state index contributed by atoms with van der Waals surface area (Å²) in [6.45, 7) is -0.597. The monoisotopic (exact) mass is 481 g/mol. The van der Waals surface area contributed by atoms with Crippen LogP contribution in [-0.2, 0) is 9.59 Å². The van der Waals surface area contributed by atoms with Gasteiger partial charge >= 0.3 is 0 Å². The number of aromatic nitrogens is 3. The molecule has 0 atom stereocenters. The number of carboxylic acids is 1. The lowest BCUT2D eigenvalue weighted by Gasteiger charge is -2.17. The van der Waals surface area contributed by atoms with Crippen LogP contribution in [0.25, 0.3) is 21.9 Å². The summed E-state index contributed by atoms with van der Waals surface area (Å²) in [6.07, 6.45) is 0. The van der Waals surface area contributed by atoms with Crippen molar-refractivity contribution in [3.05, 3.63) is 73.5 Å². The highest BCUT2D eigenvalue weighted by Gasteiger charge is 2.34. The number of halogens is 1. The van der Waals surface area contributed by atoms with Gasteiger partial charge in [0.25, 0.3) is 11.5 Å². The van der Waals surface area contributed by atoms with Crippen LogP contribution in [0.3, 0.4) is 0 Å². The summed E-state index contributed by atoms with van der Waals surface area (Å²) < 4.78 is 2.13. The highest BCUT2D eigenvalue weighted by atomic mass is 79.9. The average molecular weight is 482 g/mol. The molecule has 0 saturated carbocycles. The van der Waals surface area contributed by atoms with Crippen LogP contribution >= 0.6 is 27.3 Å². The zero-order valence-electron chi connectivity index (χ0n) is 15.0. The third kappa shape index (κ3) is 2.76. The Morgan fingerprint density at radius 2 is 1.77 bits per heavy atom. The molecule has 5 rings (SSSR count). The molecule has 1 aliphatic heterocycles. The van der Waals surface area contributed by atoms with Crippen LogP contribution in [0.5, 0.6) is 0 Å². The maximum atomic E-state index is 13.1. The predicted molar refractivity (Wildman–Crippen MR) is 112 cm³/mol. The van der Waals surface area contributed by atoms with Gasteiger partial charge in [0, 0.05) is 15.6 Å². The van der Waals surface area contributed by atoms with E-state index in [0.29, 0.717) is 22.0 Å². The van der Waals surface area contributed by atoms with Crippen LogP contribution in [0, 0.1) is 0 Å². The molecule has 2 aromatic carbocycles. The van der Waals surface area contributed by atoms with E-state index in [-0.39, 0.29) is 10.1 Å². The summed E-state index contributed by atoms with van der Waals surface area (Å²) in [5.41, 5.74) is 1.33. The first-order chi connectivity index (χ1) is 14.5. The lowest BCUT2D eigenvalue weighted by molar-refractivity contribution is -0.303. The second-order valence-electron chi connectivity index (χ2n) is 6.50. The Bertz CT molecular complexity index is 1480. The number of aliphatic carboxylic acids is 1. The SMILES string of the molecule is O=C([O-])CN1C(=O)/C(=c2\sc3nc(-c4ccccc4Br)nn3c2=O)c2ccccc21. The first kappa shape index (κ1) is 18.6. The van der Waals surface area contributed by atoms with Crippen molar-refractivity contribution in [3.63, 3.8) is 0 Å². The number of carbonyl (C=O) groups excluding carboxylic acids is 2. The van der Waals surface area contributed by atoms with E-state index in [1.807, 2.05) is 24.3 Å². The molecule has 0 spiro atoms. The van der Waals surface area contributed by atoms with Crippen molar-refractivity contribution in [1.29, 1.82) is 0 Å². The Morgan fingerprint density at radius 3 is 2.47 bits per heavy atom. The normalized spacial score (nSPS) is 15.1. The van der Waals surface area contributed by atoms with Gasteiger partial charge < -0.3 is 14.8 Å². The number of amides is 1. The molecule has 1 aliphatic rings. The summed E-state index contributed by atoms with van der Waals surface area (Å²) in [7, 11) is 0. The number of carbonyl (C=O) groups is 2. The third-order valence-corrected chi connectivity index (χ3v) is 6.43. The van der Waals surface area contributed by atoms with Gasteiger partial charge in [-0.15, -0.1) is 5.10 Å². The van der Waals surface area contributed by atoms with Gasteiger partial charge in [-0.1, -0.05) is 57.6 Å². The number of anilines is 1. The van der Waals surface area contributed by atoms with Crippen molar-refractivity contribution in [2.24, 2.45) is 0 Å². The standard InChI is InChI=1S/C20H11BrN4O4S/c21-12-7-3-1-5-10(12)17-22-20-25(23-17)19(29)16(30-20)15-11-6-2-4-8-13(11)24(18(15)28)9-14(26)27/h1-8H,9H2,(H,26,27)/p-1/b16-15-. The van der Waals surface area contributed by atoms with Crippen molar-refractivity contribution in [2.45, 2.75) is 0 Å². The topological polar surface area (TPSA) is 108 Å². The molecule has 8 nitrogen and oxygen atoms in total. The molecule has 0 unspecified atom stereocenters. The van der Waals surface area contributed by atoms with E-state index in [2.05, 4.69) is 26.0 Å². The van der Waals surface area contributed by atoms with E-state index >= 15 is 0 Å². The number of hydrogen-bond acceptors (Lipinski definition) is 7. The Balaban J connectivity index is 1.73. The van der Waals surface area contributed by atoms with Crippen LogP contribution in [0.15, 0.2) is 57.8 Å². The van der Waals surface area contributed by atoms with E-state index < -0.39 is 24.0 Å². The minimum atomic E-state index is -1.39. The summed E-state index contributed by atoms with van der Waals surface area (Å²) in [5, 5.41) is 15.4. The Kier molecular flexibility index (Phi) is 4.26. The van der Waals surface area contributed by atoms with Crippen LogP contribution < -0.4 is 20.1 Å². The maximum Gasteiger partial charge on any atom is 0.291 e. The van der Waals surface area contributed by atoms with Crippen molar-refractivity contribution >= 4 is 55.4 Å². The van der Waals surface area contributed by atoms with Gasteiger partial charge in [0.1, 0.15) is 4.53 Å². The van der Waals surface area contributed by atoms with Gasteiger partial charge in [-0.05, 0) is 18.2 Å². The first-order valence-electron chi connectivity index (χ1n) is 8.75. The van der Waals surface area contributed by atoms with E-state index in [9.17, 15) is 19.5 Å². The van der Waals surface area contributed by atoms with E-state index in [0.717, 1.165) is 26.3 Å². The highest BCUT2D eigenvalue weighted by molar-refractivity contribution is 9.10. The van der Waals surface area contributed by atoms with Crippen LogP contribution in [0.1, 0.15) is 5.56 Å². The molecule has 4 aromatic rings. The van der Waals surface area contributed by atoms with Crippen LogP contribution in [-0.4, -0.2) is 33.0 Å². The largest absolute Gasteiger partial charge is 0.548 e. The number of fused-ring (bicyclic) bond motifs is 2. The lowest BCUT2D eigenvalue weighted by atomic mass is 10.1. The fourth-order valence-electron chi connectivity index (χ4n) is 3.43. The quantitative estimate of drug-likeness (QED) is 0.423. The first-order valence-corrected chi connectivity index (χ1v) is 10.4. The number of carboxylic acid groups (broad SMARTS) is 1. The number of hydrogen-bond donors (Lipinski definition) is 0. The van der Waals surface area contributed by atoms with Gasteiger partial charge in [-0.2, -0.15) is 9.50 Å². The van der Waals surface area contributed by atoms with Crippen LogP contribution in [0.2, 0.25) is 0 Å².